The first-order chi connectivity index (χ1) is 12.1. The first-order valence-corrected chi connectivity index (χ1v) is 8.33. The van der Waals surface area contributed by atoms with Crippen LogP contribution in [-0.4, -0.2) is 33.6 Å². The van der Waals surface area contributed by atoms with Crippen LogP contribution in [0.5, 0.6) is 0 Å². The minimum absolute atomic E-state index is 0.0789. The van der Waals surface area contributed by atoms with Gasteiger partial charge in [-0.25, -0.2) is 4.98 Å². The zero-order chi connectivity index (χ0) is 17.6. The summed E-state index contributed by atoms with van der Waals surface area (Å²) in [6, 6.07) is 9.78. The van der Waals surface area contributed by atoms with Crippen molar-refractivity contribution >= 4 is 17.2 Å². The Labute approximate surface area is 146 Å². The highest BCUT2D eigenvalue weighted by Crippen LogP contribution is 2.19. The molecule has 0 saturated heterocycles. The van der Waals surface area contributed by atoms with Gasteiger partial charge in [0.2, 0.25) is 6.04 Å². The Kier molecular flexibility index (Phi) is 5.14. The molecule has 1 amide bonds. The highest BCUT2D eigenvalue weighted by molar-refractivity contribution is 7.09. The molecular weight excluding hydrogens is 344 g/mol. The van der Waals surface area contributed by atoms with Gasteiger partial charge in [0.25, 0.3) is 5.91 Å². The van der Waals surface area contributed by atoms with Crippen molar-refractivity contribution in [2.45, 2.75) is 12.5 Å². The fourth-order valence-electron chi connectivity index (χ4n) is 2.20. The van der Waals surface area contributed by atoms with Crippen LogP contribution in [0.15, 0.2) is 52.5 Å². The Balaban J connectivity index is 1.61. The molecular formula is C16H14N4O4S. The third-order valence-electron chi connectivity index (χ3n) is 3.49. The highest BCUT2D eigenvalue weighted by atomic mass is 32.1. The number of nitrogens with one attached hydrogen (secondary N) is 1. The van der Waals surface area contributed by atoms with Crippen molar-refractivity contribution in [1.29, 1.82) is 0 Å². The van der Waals surface area contributed by atoms with E-state index >= 15 is 0 Å². The van der Waals surface area contributed by atoms with E-state index in [1.165, 1.54) is 17.4 Å². The molecule has 0 fully saturated rings. The number of benzene rings is 1. The molecule has 0 bridgehead atoms. The molecule has 25 heavy (non-hydrogen) atoms. The third-order valence-corrected chi connectivity index (χ3v) is 4.29. The molecule has 128 valence electrons. The van der Waals surface area contributed by atoms with Gasteiger partial charge in [-0.3, -0.25) is 14.9 Å². The summed E-state index contributed by atoms with van der Waals surface area (Å²) in [7, 11) is 0. The molecule has 1 aromatic carbocycles. The van der Waals surface area contributed by atoms with Gasteiger partial charge in [-0.1, -0.05) is 35.5 Å². The van der Waals surface area contributed by atoms with Crippen LogP contribution >= 0.6 is 11.3 Å². The van der Waals surface area contributed by atoms with Crippen LogP contribution in [-0.2, 0) is 6.42 Å². The van der Waals surface area contributed by atoms with E-state index in [1.54, 1.807) is 11.6 Å². The first-order valence-electron chi connectivity index (χ1n) is 7.45. The maximum absolute atomic E-state index is 12.1. The van der Waals surface area contributed by atoms with Crippen LogP contribution < -0.4 is 5.32 Å². The van der Waals surface area contributed by atoms with Crippen molar-refractivity contribution in [3.8, 4) is 11.3 Å². The molecule has 0 aliphatic carbocycles. The number of amides is 1. The van der Waals surface area contributed by atoms with Crippen molar-refractivity contribution in [3.05, 3.63) is 68.8 Å². The lowest BCUT2D eigenvalue weighted by molar-refractivity contribution is -0.519. The minimum atomic E-state index is -0.949. The molecule has 1 atom stereocenters. The SMILES string of the molecule is O=C(NC[C@H](Cc1nccs1)[N+](=O)[O-])c1cc(-c2ccccc2)on1. The van der Waals surface area contributed by atoms with Gasteiger partial charge >= 0.3 is 0 Å². The van der Waals surface area contributed by atoms with Gasteiger partial charge in [-0.05, 0) is 0 Å². The van der Waals surface area contributed by atoms with Crippen molar-refractivity contribution in [2.24, 2.45) is 0 Å². The summed E-state index contributed by atoms with van der Waals surface area (Å²) < 4.78 is 5.16. The predicted octanol–water partition coefficient (Wildman–Crippen LogP) is 2.42. The summed E-state index contributed by atoms with van der Waals surface area (Å²) in [6.07, 6.45) is 1.76. The summed E-state index contributed by atoms with van der Waals surface area (Å²) in [6.45, 7) is -0.112. The molecule has 3 rings (SSSR count). The number of rotatable bonds is 7. The van der Waals surface area contributed by atoms with Crippen molar-refractivity contribution < 1.29 is 14.2 Å². The number of carbonyl (C=O) groups is 1. The molecule has 0 aliphatic heterocycles. The predicted molar refractivity (Wildman–Crippen MR) is 90.9 cm³/mol. The van der Waals surface area contributed by atoms with Crippen LogP contribution in [0.3, 0.4) is 0 Å². The molecule has 0 aliphatic rings. The zero-order valence-electron chi connectivity index (χ0n) is 13.0. The highest BCUT2D eigenvalue weighted by Gasteiger charge is 2.24. The Morgan fingerprint density at radius 1 is 1.36 bits per heavy atom. The molecule has 1 N–H and O–H groups in total. The van der Waals surface area contributed by atoms with E-state index in [0.29, 0.717) is 10.8 Å². The second kappa shape index (κ2) is 7.67. The number of thiazole rings is 1. The van der Waals surface area contributed by atoms with Crippen LogP contribution in [0.1, 0.15) is 15.5 Å². The average Bonchev–Trinajstić information content (AvgIpc) is 3.30. The molecule has 0 spiro atoms. The quantitative estimate of drug-likeness (QED) is 0.513. The molecule has 2 aromatic heterocycles. The normalized spacial score (nSPS) is 11.8. The Bertz CT molecular complexity index is 848. The van der Waals surface area contributed by atoms with Gasteiger partial charge in [-0.15, -0.1) is 11.3 Å². The lowest BCUT2D eigenvalue weighted by atomic mass is 10.1. The molecule has 9 heteroatoms. The third kappa shape index (κ3) is 4.27. The lowest BCUT2D eigenvalue weighted by Crippen LogP contribution is -2.38. The first kappa shape index (κ1) is 16.8. The van der Waals surface area contributed by atoms with Crippen molar-refractivity contribution in [2.75, 3.05) is 6.54 Å². The summed E-state index contributed by atoms with van der Waals surface area (Å²) in [5.74, 6) is -0.0590. The van der Waals surface area contributed by atoms with Gasteiger partial charge in [-0.2, -0.15) is 0 Å². The second-order valence-corrected chi connectivity index (χ2v) is 6.20. The van der Waals surface area contributed by atoms with E-state index in [-0.39, 0.29) is 18.7 Å². The fourth-order valence-corrected chi connectivity index (χ4v) is 2.89. The lowest BCUT2D eigenvalue weighted by Gasteiger charge is -2.08. The number of nitro groups is 1. The van der Waals surface area contributed by atoms with Gasteiger partial charge in [0.15, 0.2) is 11.5 Å². The summed E-state index contributed by atoms with van der Waals surface area (Å²) >= 11 is 1.34. The number of hydrogen-bond acceptors (Lipinski definition) is 7. The molecule has 2 heterocycles. The molecule has 3 aromatic rings. The van der Waals surface area contributed by atoms with Crippen LogP contribution in [0.25, 0.3) is 11.3 Å². The van der Waals surface area contributed by atoms with Crippen molar-refractivity contribution in [1.82, 2.24) is 15.5 Å². The number of aromatic nitrogens is 2. The largest absolute Gasteiger partial charge is 0.355 e. The van der Waals surface area contributed by atoms with E-state index in [9.17, 15) is 14.9 Å². The monoisotopic (exact) mass is 358 g/mol. The molecule has 0 saturated carbocycles. The van der Waals surface area contributed by atoms with Gasteiger partial charge in [0.1, 0.15) is 0 Å². The van der Waals surface area contributed by atoms with Crippen molar-refractivity contribution in [3.63, 3.8) is 0 Å². The topological polar surface area (TPSA) is 111 Å². The van der Waals surface area contributed by atoms with E-state index in [1.807, 2.05) is 30.3 Å². The van der Waals surface area contributed by atoms with Crippen LogP contribution in [0.2, 0.25) is 0 Å². The van der Waals surface area contributed by atoms with Gasteiger partial charge in [0, 0.05) is 28.1 Å². The second-order valence-electron chi connectivity index (χ2n) is 5.22. The maximum Gasteiger partial charge on any atom is 0.273 e. The Hall–Kier alpha value is -3.07. The number of carbonyl (C=O) groups excluding carboxylic acids is 1. The van der Waals surface area contributed by atoms with Gasteiger partial charge in [0.05, 0.1) is 18.0 Å². The number of nitrogens with zero attached hydrogens (tertiary/aromatic N) is 3. The smallest absolute Gasteiger partial charge is 0.273 e. The maximum atomic E-state index is 12.1. The fraction of sp³-hybridized carbons (Fsp3) is 0.188. The Morgan fingerprint density at radius 3 is 2.84 bits per heavy atom. The van der Waals surface area contributed by atoms with E-state index < -0.39 is 16.9 Å². The molecule has 0 unspecified atom stereocenters. The molecule has 0 radical (unpaired) electrons. The van der Waals surface area contributed by atoms with Gasteiger partial charge < -0.3 is 9.84 Å². The van der Waals surface area contributed by atoms with Crippen LogP contribution in [0, 0.1) is 10.1 Å². The standard InChI is InChI=1S/C16H14N4O4S/c21-16(13-9-14(24-19-13)11-4-2-1-3-5-11)18-10-12(20(22)23)8-15-17-6-7-25-15/h1-7,9,12H,8,10H2,(H,18,21)/t12-/m0/s1. The van der Waals surface area contributed by atoms with Crippen LogP contribution in [0.4, 0.5) is 0 Å². The van der Waals surface area contributed by atoms with E-state index in [0.717, 1.165) is 5.56 Å². The summed E-state index contributed by atoms with van der Waals surface area (Å²) in [5, 5.41) is 19.8. The average molecular weight is 358 g/mol. The summed E-state index contributed by atoms with van der Waals surface area (Å²) in [4.78, 5) is 26.9. The molecule has 8 nitrogen and oxygen atoms in total. The minimum Gasteiger partial charge on any atom is -0.355 e. The summed E-state index contributed by atoms with van der Waals surface area (Å²) in [5.41, 5.74) is 0.871. The van der Waals surface area contributed by atoms with E-state index in [2.05, 4.69) is 15.5 Å². The van der Waals surface area contributed by atoms with E-state index in [4.69, 9.17) is 4.52 Å². The Morgan fingerprint density at radius 2 is 2.16 bits per heavy atom. The number of hydrogen-bond donors (Lipinski definition) is 1. The zero-order valence-corrected chi connectivity index (χ0v) is 13.8.